The third-order valence-electron chi connectivity index (χ3n) is 2.24. The second-order valence-corrected chi connectivity index (χ2v) is 3.49. The van der Waals surface area contributed by atoms with Crippen LogP contribution in [0.25, 0.3) is 11.5 Å². The summed E-state index contributed by atoms with van der Waals surface area (Å²) in [7, 11) is 1.35. The Labute approximate surface area is 105 Å². The number of aromatic nitrogens is 3. The monoisotopic (exact) mass is 265 g/mol. The van der Waals surface area contributed by atoms with Crippen LogP contribution in [0.4, 0.5) is 4.39 Å². The Morgan fingerprint density at radius 3 is 2.79 bits per heavy atom. The van der Waals surface area contributed by atoms with E-state index in [1.54, 1.807) is 0 Å². The molecule has 2 heterocycles. The number of carbonyl (C=O) groups is 1. The Kier molecular flexibility index (Phi) is 3.23. The topological polar surface area (TPSA) is 105 Å². The lowest BCUT2D eigenvalue weighted by molar-refractivity contribution is 0.0690. The van der Waals surface area contributed by atoms with Crippen LogP contribution < -0.4 is 10.3 Å². The van der Waals surface area contributed by atoms with Gasteiger partial charge < -0.3 is 14.8 Å². The van der Waals surface area contributed by atoms with Crippen LogP contribution in [-0.2, 0) is 0 Å². The highest BCUT2D eigenvalue weighted by Crippen LogP contribution is 2.19. The fraction of sp³-hybridized carbons (Fsp3) is 0.0909. The number of carboxylic acid groups (broad SMARTS) is 1. The van der Waals surface area contributed by atoms with Gasteiger partial charge in [0.15, 0.2) is 17.3 Å². The number of nitrogens with one attached hydrogen (secondary N) is 1. The number of carboxylic acids is 1. The highest BCUT2D eigenvalue weighted by molar-refractivity contribution is 5.85. The molecule has 0 unspecified atom stereocenters. The summed E-state index contributed by atoms with van der Waals surface area (Å²) in [6.07, 6.45) is 1.23. The van der Waals surface area contributed by atoms with Gasteiger partial charge in [-0.15, -0.1) is 0 Å². The minimum absolute atomic E-state index is 0.193. The van der Waals surface area contributed by atoms with Crippen molar-refractivity contribution in [2.75, 3.05) is 7.11 Å². The lowest BCUT2D eigenvalue weighted by atomic mass is 10.3. The second kappa shape index (κ2) is 4.84. The van der Waals surface area contributed by atoms with Crippen LogP contribution >= 0.6 is 0 Å². The predicted octanol–water partition coefficient (Wildman–Crippen LogP) is 0.678. The molecule has 2 N–H and O–H groups in total. The molecule has 0 aromatic carbocycles. The summed E-state index contributed by atoms with van der Waals surface area (Å²) in [6.45, 7) is 0. The number of aromatic carboxylic acids is 1. The van der Waals surface area contributed by atoms with Crippen molar-refractivity contribution in [2.24, 2.45) is 0 Å². The highest BCUT2D eigenvalue weighted by atomic mass is 19.1. The molecule has 19 heavy (non-hydrogen) atoms. The van der Waals surface area contributed by atoms with Crippen molar-refractivity contribution in [1.82, 2.24) is 15.0 Å². The van der Waals surface area contributed by atoms with Gasteiger partial charge in [0.2, 0.25) is 0 Å². The normalized spacial score (nSPS) is 10.2. The maximum Gasteiger partial charge on any atom is 0.354 e. The first-order valence-corrected chi connectivity index (χ1v) is 5.06. The zero-order valence-corrected chi connectivity index (χ0v) is 9.68. The lowest BCUT2D eigenvalue weighted by Gasteiger charge is -2.04. The van der Waals surface area contributed by atoms with E-state index in [0.717, 1.165) is 12.1 Å². The van der Waals surface area contributed by atoms with Crippen LogP contribution in [-0.4, -0.2) is 33.1 Å². The summed E-state index contributed by atoms with van der Waals surface area (Å²) in [4.78, 5) is 31.6. The lowest BCUT2D eigenvalue weighted by Crippen LogP contribution is -2.14. The molecule has 98 valence electrons. The fourth-order valence-electron chi connectivity index (χ4n) is 1.39. The summed E-state index contributed by atoms with van der Waals surface area (Å²) in [5.41, 5.74) is -1.46. The molecule has 0 spiro atoms. The summed E-state index contributed by atoms with van der Waals surface area (Å²) in [5.74, 6) is -2.24. The van der Waals surface area contributed by atoms with Gasteiger partial charge in [0.25, 0.3) is 5.56 Å². The zero-order chi connectivity index (χ0) is 14.0. The molecular weight excluding hydrogens is 257 g/mol. The Balaban J connectivity index is 2.58. The minimum atomic E-state index is -1.39. The van der Waals surface area contributed by atoms with E-state index in [-0.39, 0.29) is 17.3 Å². The maximum atomic E-state index is 13.7. The van der Waals surface area contributed by atoms with E-state index in [9.17, 15) is 14.0 Å². The SMILES string of the molecule is COc1cnc(-c2nc(C(=O)O)cc(=O)[nH]2)c(F)c1. The van der Waals surface area contributed by atoms with Crippen LogP contribution in [0.2, 0.25) is 0 Å². The molecule has 0 fully saturated rings. The number of aromatic amines is 1. The van der Waals surface area contributed by atoms with E-state index in [0.29, 0.717) is 0 Å². The van der Waals surface area contributed by atoms with Crippen molar-refractivity contribution >= 4 is 5.97 Å². The smallest absolute Gasteiger partial charge is 0.354 e. The average Bonchev–Trinajstić information content (AvgIpc) is 2.37. The predicted molar refractivity (Wildman–Crippen MR) is 61.6 cm³/mol. The number of hydrogen-bond donors (Lipinski definition) is 2. The number of H-pyrrole nitrogens is 1. The molecule has 0 radical (unpaired) electrons. The van der Waals surface area contributed by atoms with E-state index in [4.69, 9.17) is 9.84 Å². The van der Waals surface area contributed by atoms with Crippen molar-refractivity contribution in [3.63, 3.8) is 0 Å². The largest absolute Gasteiger partial charge is 0.495 e. The molecule has 0 bridgehead atoms. The van der Waals surface area contributed by atoms with Crippen LogP contribution in [0, 0.1) is 5.82 Å². The summed E-state index contributed by atoms with van der Waals surface area (Å²) < 4.78 is 18.5. The molecule has 8 heteroatoms. The van der Waals surface area contributed by atoms with Gasteiger partial charge in [-0.1, -0.05) is 0 Å². The van der Waals surface area contributed by atoms with Crippen molar-refractivity contribution in [1.29, 1.82) is 0 Å². The number of rotatable bonds is 3. The number of halogens is 1. The van der Waals surface area contributed by atoms with Crippen LogP contribution in [0.15, 0.2) is 23.1 Å². The zero-order valence-electron chi connectivity index (χ0n) is 9.68. The van der Waals surface area contributed by atoms with E-state index in [2.05, 4.69) is 15.0 Å². The third kappa shape index (κ3) is 2.57. The van der Waals surface area contributed by atoms with E-state index in [1.165, 1.54) is 13.3 Å². The van der Waals surface area contributed by atoms with Crippen molar-refractivity contribution in [3.05, 3.63) is 40.2 Å². The number of nitrogens with zero attached hydrogens (tertiary/aromatic N) is 2. The molecule has 0 saturated carbocycles. The first kappa shape index (κ1) is 12.7. The molecule has 0 aliphatic carbocycles. The first-order chi connectivity index (χ1) is 9.01. The van der Waals surface area contributed by atoms with Gasteiger partial charge in [-0.05, 0) is 0 Å². The van der Waals surface area contributed by atoms with E-state index < -0.39 is 23.0 Å². The van der Waals surface area contributed by atoms with Crippen molar-refractivity contribution in [2.45, 2.75) is 0 Å². The molecule has 2 aromatic rings. The quantitative estimate of drug-likeness (QED) is 0.845. The molecular formula is C11H8FN3O4. The van der Waals surface area contributed by atoms with Gasteiger partial charge in [-0.2, -0.15) is 0 Å². The molecule has 2 rings (SSSR count). The van der Waals surface area contributed by atoms with Crippen molar-refractivity contribution in [3.8, 4) is 17.3 Å². The van der Waals surface area contributed by atoms with E-state index in [1.807, 2.05) is 0 Å². The standard InChI is InChI=1S/C11H8FN3O4/c1-19-5-2-6(12)9(13-4-5)10-14-7(11(17)18)3-8(16)15-10/h2-4H,1H3,(H,17,18)(H,14,15,16). The average molecular weight is 265 g/mol. The van der Waals surface area contributed by atoms with Gasteiger partial charge in [-0.3, -0.25) is 4.79 Å². The Morgan fingerprint density at radius 2 is 2.21 bits per heavy atom. The molecule has 0 aliphatic heterocycles. The number of methoxy groups -OCH3 is 1. The Hall–Kier alpha value is -2.77. The van der Waals surface area contributed by atoms with Crippen molar-refractivity contribution < 1.29 is 19.0 Å². The maximum absolute atomic E-state index is 13.7. The van der Waals surface area contributed by atoms with Gasteiger partial charge in [0, 0.05) is 12.1 Å². The van der Waals surface area contributed by atoms with Gasteiger partial charge in [-0.25, -0.2) is 19.2 Å². The summed E-state index contributed by atoms with van der Waals surface area (Å²) in [6, 6.07) is 1.85. The molecule has 0 saturated heterocycles. The van der Waals surface area contributed by atoms with E-state index >= 15 is 0 Å². The van der Waals surface area contributed by atoms with Crippen LogP contribution in [0.5, 0.6) is 5.75 Å². The number of ether oxygens (including phenoxy) is 1. The number of pyridine rings is 1. The Bertz CT molecular complexity index is 699. The molecule has 2 aromatic heterocycles. The number of hydrogen-bond acceptors (Lipinski definition) is 5. The third-order valence-corrected chi connectivity index (χ3v) is 2.24. The fourth-order valence-corrected chi connectivity index (χ4v) is 1.39. The molecule has 0 atom stereocenters. The van der Waals surface area contributed by atoms with Crippen LogP contribution in [0.1, 0.15) is 10.5 Å². The van der Waals surface area contributed by atoms with Gasteiger partial charge in [0.05, 0.1) is 13.3 Å². The molecule has 0 amide bonds. The first-order valence-electron chi connectivity index (χ1n) is 5.06. The van der Waals surface area contributed by atoms with Gasteiger partial charge >= 0.3 is 5.97 Å². The molecule has 7 nitrogen and oxygen atoms in total. The second-order valence-electron chi connectivity index (χ2n) is 3.49. The Morgan fingerprint density at radius 1 is 1.47 bits per heavy atom. The summed E-state index contributed by atoms with van der Waals surface area (Å²) in [5, 5.41) is 8.78. The highest BCUT2D eigenvalue weighted by Gasteiger charge is 2.14. The van der Waals surface area contributed by atoms with Crippen LogP contribution in [0.3, 0.4) is 0 Å². The summed E-state index contributed by atoms with van der Waals surface area (Å²) >= 11 is 0. The molecule has 0 aliphatic rings. The minimum Gasteiger partial charge on any atom is -0.495 e. The van der Waals surface area contributed by atoms with Gasteiger partial charge in [0.1, 0.15) is 11.4 Å².